The molecule has 2 rings (SSSR count). The van der Waals surface area contributed by atoms with E-state index in [4.69, 9.17) is 10.2 Å². The van der Waals surface area contributed by atoms with Crippen molar-refractivity contribution in [2.45, 2.75) is 44.6 Å². The molecule has 2 nitrogen and oxygen atoms in total. The molecule has 0 spiro atoms. The maximum Gasteiger partial charge on any atom is 0.173 e. The minimum Gasteiger partial charge on any atom is -0.457 e. The summed E-state index contributed by atoms with van der Waals surface area (Å²) in [6.07, 6.45) is 9.65. The van der Waals surface area contributed by atoms with Gasteiger partial charge in [0, 0.05) is 11.6 Å². The van der Waals surface area contributed by atoms with Crippen molar-refractivity contribution in [3.8, 4) is 0 Å². The van der Waals surface area contributed by atoms with Crippen LogP contribution in [0.15, 0.2) is 21.4 Å². The average Bonchev–Trinajstić information content (AvgIpc) is 2.66. The van der Waals surface area contributed by atoms with E-state index in [-0.39, 0.29) is 6.04 Å². The second-order valence-electron chi connectivity index (χ2n) is 4.50. The Labute approximate surface area is 99.3 Å². The van der Waals surface area contributed by atoms with E-state index in [9.17, 15) is 0 Å². The molecule has 1 unspecified atom stereocenters. The molecule has 1 aromatic rings. The molecule has 1 heterocycles. The molecule has 0 aromatic carbocycles. The minimum atomic E-state index is 0.126. The summed E-state index contributed by atoms with van der Waals surface area (Å²) in [6.45, 7) is 0. The van der Waals surface area contributed by atoms with E-state index in [1.54, 1.807) is 6.26 Å². The number of halogens is 1. The Morgan fingerprint density at radius 2 is 2.13 bits per heavy atom. The first kappa shape index (κ1) is 11.2. The van der Waals surface area contributed by atoms with Crippen LogP contribution in [0, 0.1) is 5.92 Å². The molecule has 0 aliphatic heterocycles. The largest absolute Gasteiger partial charge is 0.457 e. The summed E-state index contributed by atoms with van der Waals surface area (Å²) >= 11 is 3.39. The molecule has 15 heavy (non-hydrogen) atoms. The molecule has 1 fully saturated rings. The van der Waals surface area contributed by atoms with Crippen molar-refractivity contribution in [1.29, 1.82) is 0 Å². The second-order valence-corrected chi connectivity index (χ2v) is 5.22. The van der Waals surface area contributed by atoms with Gasteiger partial charge in [-0.2, -0.15) is 0 Å². The van der Waals surface area contributed by atoms with Crippen LogP contribution < -0.4 is 5.73 Å². The molecule has 0 saturated heterocycles. The molecule has 1 aliphatic rings. The molecule has 0 radical (unpaired) electrons. The number of hydrogen-bond donors (Lipinski definition) is 1. The average molecular weight is 272 g/mol. The molecule has 1 aliphatic carbocycles. The smallest absolute Gasteiger partial charge is 0.173 e. The maximum absolute atomic E-state index is 6.18. The minimum absolute atomic E-state index is 0.126. The third-order valence-electron chi connectivity index (χ3n) is 3.36. The lowest BCUT2D eigenvalue weighted by molar-refractivity contribution is 0.318. The molecule has 1 saturated carbocycles. The first-order valence-corrected chi connectivity index (χ1v) is 6.55. The van der Waals surface area contributed by atoms with Gasteiger partial charge in [0.1, 0.15) is 0 Å². The Hall–Kier alpha value is -0.280. The topological polar surface area (TPSA) is 39.2 Å². The van der Waals surface area contributed by atoms with E-state index in [0.717, 1.165) is 22.6 Å². The van der Waals surface area contributed by atoms with E-state index < -0.39 is 0 Å². The van der Waals surface area contributed by atoms with Crippen LogP contribution in [0.5, 0.6) is 0 Å². The van der Waals surface area contributed by atoms with Crippen LogP contribution in [0.3, 0.4) is 0 Å². The Balaban J connectivity index is 1.91. The van der Waals surface area contributed by atoms with Crippen molar-refractivity contribution in [1.82, 2.24) is 0 Å². The summed E-state index contributed by atoms with van der Waals surface area (Å²) in [6, 6.07) is 2.10. The molecule has 84 valence electrons. The highest BCUT2D eigenvalue weighted by Crippen LogP contribution is 2.33. The van der Waals surface area contributed by atoms with Crippen molar-refractivity contribution >= 4 is 15.9 Å². The van der Waals surface area contributed by atoms with Crippen molar-refractivity contribution in [2.75, 3.05) is 0 Å². The third-order valence-corrected chi connectivity index (χ3v) is 4.00. The lowest BCUT2D eigenvalue weighted by Crippen LogP contribution is -2.17. The summed E-state index contributed by atoms with van der Waals surface area (Å²) < 4.78 is 6.01. The summed E-state index contributed by atoms with van der Waals surface area (Å²) in [5.74, 6) is 0.815. The summed E-state index contributed by atoms with van der Waals surface area (Å²) in [4.78, 5) is 0. The van der Waals surface area contributed by atoms with Crippen LogP contribution in [-0.2, 0) is 0 Å². The van der Waals surface area contributed by atoms with Gasteiger partial charge in [-0.25, -0.2) is 0 Å². The van der Waals surface area contributed by atoms with E-state index in [0.29, 0.717) is 0 Å². The molecule has 1 atom stereocenters. The predicted octanol–water partition coefficient (Wildman–Crippen LogP) is 4.01. The van der Waals surface area contributed by atoms with Crippen molar-refractivity contribution in [3.63, 3.8) is 0 Å². The first-order valence-electron chi connectivity index (χ1n) is 5.76. The van der Waals surface area contributed by atoms with E-state index in [1.807, 2.05) is 6.07 Å². The monoisotopic (exact) mass is 271 g/mol. The van der Waals surface area contributed by atoms with Crippen LogP contribution in [0.1, 0.15) is 50.1 Å². The lowest BCUT2D eigenvalue weighted by Gasteiger charge is -2.24. The fourth-order valence-electron chi connectivity index (χ4n) is 2.48. The highest BCUT2D eigenvalue weighted by atomic mass is 79.9. The number of rotatable bonds is 3. The van der Waals surface area contributed by atoms with Gasteiger partial charge in [0.25, 0.3) is 0 Å². The number of hydrogen-bond acceptors (Lipinski definition) is 2. The standard InChI is InChI=1S/C12H18BrNO/c13-12-10(6-7-15-12)11(14)8-9-4-2-1-3-5-9/h6-7,9,11H,1-5,8,14H2. The van der Waals surface area contributed by atoms with Crippen molar-refractivity contribution < 1.29 is 4.42 Å². The van der Waals surface area contributed by atoms with Gasteiger partial charge in [0.05, 0.1) is 6.26 Å². The summed E-state index contributed by atoms with van der Waals surface area (Å²) in [5, 5.41) is 0. The molecule has 3 heteroatoms. The van der Waals surface area contributed by atoms with Gasteiger partial charge in [-0.15, -0.1) is 0 Å². The zero-order valence-corrected chi connectivity index (χ0v) is 10.5. The lowest BCUT2D eigenvalue weighted by atomic mass is 9.84. The van der Waals surface area contributed by atoms with Crippen LogP contribution >= 0.6 is 15.9 Å². The van der Waals surface area contributed by atoms with E-state index in [2.05, 4.69) is 15.9 Å². The zero-order valence-electron chi connectivity index (χ0n) is 8.92. The molecular formula is C12H18BrNO. The maximum atomic E-state index is 6.18. The Kier molecular flexibility index (Phi) is 3.87. The van der Waals surface area contributed by atoms with Crippen LogP contribution in [-0.4, -0.2) is 0 Å². The third kappa shape index (κ3) is 2.85. The summed E-state index contributed by atoms with van der Waals surface area (Å²) in [7, 11) is 0. The van der Waals surface area contributed by atoms with Gasteiger partial charge in [0.15, 0.2) is 4.67 Å². The Bertz CT molecular complexity index is 304. The predicted molar refractivity (Wildman–Crippen MR) is 64.5 cm³/mol. The molecule has 0 amide bonds. The van der Waals surface area contributed by atoms with Crippen molar-refractivity contribution in [2.24, 2.45) is 11.7 Å². The van der Waals surface area contributed by atoms with Gasteiger partial charge in [-0.1, -0.05) is 32.1 Å². The molecule has 1 aromatic heterocycles. The second kappa shape index (κ2) is 5.17. The fraction of sp³-hybridized carbons (Fsp3) is 0.667. The van der Waals surface area contributed by atoms with E-state index in [1.165, 1.54) is 32.1 Å². The van der Waals surface area contributed by atoms with Crippen molar-refractivity contribution in [3.05, 3.63) is 22.6 Å². The highest BCUT2D eigenvalue weighted by Gasteiger charge is 2.19. The molecular weight excluding hydrogens is 254 g/mol. The highest BCUT2D eigenvalue weighted by molar-refractivity contribution is 9.10. The van der Waals surface area contributed by atoms with Gasteiger partial charge < -0.3 is 10.2 Å². The zero-order chi connectivity index (χ0) is 10.7. The normalized spacial score (nSPS) is 20.4. The quantitative estimate of drug-likeness (QED) is 0.902. The SMILES string of the molecule is NC(CC1CCCCC1)c1ccoc1Br. The van der Waals surface area contributed by atoms with Crippen LogP contribution in [0.2, 0.25) is 0 Å². The Morgan fingerprint density at radius 3 is 2.73 bits per heavy atom. The van der Waals surface area contributed by atoms with E-state index >= 15 is 0 Å². The van der Waals surface area contributed by atoms with Gasteiger partial charge in [-0.3, -0.25) is 0 Å². The van der Waals surface area contributed by atoms with Gasteiger partial charge in [0.2, 0.25) is 0 Å². The number of furan rings is 1. The molecule has 2 N–H and O–H groups in total. The summed E-state index contributed by atoms with van der Waals surface area (Å²) in [5.41, 5.74) is 7.29. The van der Waals surface area contributed by atoms with Crippen LogP contribution in [0.25, 0.3) is 0 Å². The first-order chi connectivity index (χ1) is 7.27. The number of nitrogens with two attached hydrogens (primary N) is 1. The van der Waals surface area contributed by atoms with Crippen LogP contribution in [0.4, 0.5) is 0 Å². The van der Waals surface area contributed by atoms with Gasteiger partial charge in [-0.05, 0) is 34.3 Å². The van der Waals surface area contributed by atoms with Gasteiger partial charge >= 0.3 is 0 Å². The molecule has 0 bridgehead atoms. The fourth-order valence-corrected chi connectivity index (χ4v) is 3.01. The Morgan fingerprint density at radius 1 is 1.40 bits per heavy atom.